The van der Waals surface area contributed by atoms with Gasteiger partial charge in [-0.15, -0.1) is 0 Å². The molecule has 0 aromatic carbocycles. The minimum atomic E-state index is 0.742. The van der Waals surface area contributed by atoms with E-state index >= 15 is 0 Å². The fraction of sp³-hybridized carbons (Fsp3) is 0.857. The van der Waals surface area contributed by atoms with Gasteiger partial charge in [-0.1, -0.05) is 24.4 Å². The molecule has 4 nitrogen and oxygen atoms in total. The Bertz CT molecular complexity index is 380. The molecule has 100 valence electrons. The van der Waals surface area contributed by atoms with Gasteiger partial charge in [0.25, 0.3) is 0 Å². The average Bonchev–Trinajstić information content (AvgIpc) is 3.12. The molecule has 1 aromatic heterocycles. The molecule has 1 aromatic rings. The van der Waals surface area contributed by atoms with E-state index in [1.165, 1.54) is 51.5 Å². The van der Waals surface area contributed by atoms with Crippen molar-refractivity contribution >= 4 is 0 Å². The summed E-state index contributed by atoms with van der Waals surface area (Å²) in [5.41, 5.74) is 0. The Hall–Kier alpha value is -0.900. The zero-order valence-electron chi connectivity index (χ0n) is 11.3. The van der Waals surface area contributed by atoms with Gasteiger partial charge in [0.2, 0.25) is 5.89 Å². The van der Waals surface area contributed by atoms with Crippen molar-refractivity contribution in [2.75, 3.05) is 6.54 Å². The van der Waals surface area contributed by atoms with Crippen LogP contribution in [0.3, 0.4) is 0 Å². The summed E-state index contributed by atoms with van der Waals surface area (Å²) in [7, 11) is 0. The molecule has 18 heavy (non-hydrogen) atoms. The molecule has 0 bridgehead atoms. The van der Waals surface area contributed by atoms with Crippen LogP contribution in [0.15, 0.2) is 4.52 Å². The second-order valence-corrected chi connectivity index (χ2v) is 5.90. The highest BCUT2D eigenvalue weighted by Gasteiger charge is 2.29. The monoisotopic (exact) mass is 249 g/mol. The largest absolute Gasteiger partial charge is 0.338 e. The molecule has 2 aliphatic rings. The maximum absolute atomic E-state index is 5.28. The zero-order chi connectivity index (χ0) is 12.4. The van der Waals surface area contributed by atoms with E-state index in [0.29, 0.717) is 0 Å². The first-order valence-corrected chi connectivity index (χ1v) is 7.34. The second-order valence-electron chi connectivity index (χ2n) is 5.90. The van der Waals surface area contributed by atoms with Gasteiger partial charge in [-0.2, -0.15) is 4.98 Å². The highest BCUT2D eigenvalue weighted by atomic mass is 16.5. The maximum Gasteiger partial charge on any atom is 0.240 e. The van der Waals surface area contributed by atoms with Gasteiger partial charge in [-0.05, 0) is 38.5 Å². The molecular weight excluding hydrogens is 226 g/mol. The summed E-state index contributed by atoms with van der Waals surface area (Å²) in [5.74, 6) is 2.47. The molecule has 0 amide bonds. The minimum absolute atomic E-state index is 0.742. The molecule has 2 aliphatic carbocycles. The normalized spacial score (nSPS) is 21.7. The Balaban J connectivity index is 1.63. The van der Waals surface area contributed by atoms with Crippen LogP contribution in [0.1, 0.15) is 56.7 Å². The lowest BCUT2D eigenvalue weighted by Gasteiger charge is -2.33. The lowest BCUT2D eigenvalue weighted by molar-refractivity contribution is 0.126. The average molecular weight is 249 g/mol. The van der Waals surface area contributed by atoms with Crippen LogP contribution >= 0.6 is 0 Å². The van der Waals surface area contributed by atoms with Gasteiger partial charge in [-0.3, -0.25) is 4.90 Å². The Morgan fingerprint density at radius 3 is 2.56 bits per heavy atom. The molecule has 0 radical (unpaired) electrons. The SMILES string of the molecule is Cc1noc(CN(CC2CC2)C2CCCCC2)n1. The first-order valence-electron chi connectivity index (χ1n) is 7.34. The smallest absolute Gasteiger partial charge is 0.240 e. The quantitative estimate of drug-likeness (QED) is 0.804. The van der Waals surface area contributed by atoms with E-state index in [4.69, 9.17) is 4.52 Å². The van der Waals surface area contributed by atoms with E-state index < -0.39 is 0 Å². The van der Waals surface area contributed by atoms with Gasteiger partial charge >= 0.3 is 0 Å². The Morgan fingerprint density at radius 2 is 1.94 bits per heavy atom. The lowest BCUT2D eigenvalue weighted by atomic mass is 9.94. The van der Waals surface area contributed by atoms with Gasteiger partial charge in [0.05, 0.1) is 6.54 Å². The molecule has 0 unspecified atom stereocenters. The molecule has 1 heterocycles. The van der Waals surface area contributed by atoms with Crippen molar-refractivity contribution in [2.24, 2.45) is 5.92 Å². The summed E-state index contributed by atoms with van der Waals surface area (Å²) in [5, 5.41) is 3.90. The number of hydrogen-bond acceptors (Lipinski definition) is 4. The van der Waals surface area contributed by atoms with Gasteiger partial charge in [-0.25, -0.2) is 0 Å². The highest BCUT2D eigenvalue weighted by Crippen LogP contribution is 2.33. The van der Waals surface area contributed by atoms with Crippen molar-refractivity contribution in [1.82, 2.24) is 15.0 Å². The Kier molecular flexibility index (Phi) is 3.64. The fourth-order valence-corrected chi connectivity index (χ4v) is 3.00. The van der Waals surface area contributed by atoms with Crippen LogP contribution < -0.4 is 0 Å². The minimum Gasteiger partial charge on any atom is -0.338 e. The van der Waals surface area contributed by atoms with E-state index in [0.717, 1.165) is 30.2 Å². The summed E-state index contributed by atoms with van der Waals surface area (Å²) < 4.78 is 5.28. The molecule has 0 saturated heterocycles. The number of rotatable bonds is 5. The number of hydrogen-bond donors (Lipinski definition) is 0. The third-order valence-electron chi connectivity index (χ3n) is 4.19. The zero-order valence-corrected chi connectivity index (χ0v) is 11.3. The third-order valence-corrected chi connectivity index (χ3v) is 4.19. The molecule has 2 saturated carbocycles. The van der Waals surface area contributed by atoms with Crippen molar-refractivity contribution in [3.63, 3.8) is 0 Å². The van der Waals surface area contributed by atoms with Crippen LogP contribution in [0.4, 0.5) is 0 Å². The Morgan fingerprint density at radius 1 is 1.17 bits per heavy atom. The standard InChI is InChI=1S/C14H23N3O/c1-11-15-14(18-16-11)10-17(9-12-7-8-12)13-5-3-2-4-6-13/h12-13H,2-10H2,1H3. The molecule has 0 atom stereocenters. The van der Waals surface area contributed by atoms with Crippen LogP contribution in [0.25, 0.3) is 0 Å². The molecule has 0 N–H and O–H groups in total. The number of nitrogens with zero attached hydrogens (tertiary/aromatic N) is 3. The predicted molar refractivity (Wildman–Crippen MR) is 69.0 cm³/mol. The predicted octanol–water partition coefficient (Wildman–Crippen LogP) is 2.92. The lowest BCUT2D eigenvalue weighted by Crippen LogP contribution is -2.37. The number of aryl methyl sites for hydroxylation is 1. The van der Waals surface area contributed by atoms with Gasteiger partial charge in [0.15, 0.2) is 5.82 Å². The van der Waals surface area contributed by atoms with Gasteiger partial charge in [0, 0.05) is 12.6 Å². The van der Waals surface area contributed by atoms with E-state index in [2.05, 4.69) is 15.0 Å². The molecule has 0 aliphatic heterocycles. The van der Waals surface area contributed by atoms with Gasteiger partial charge in [0.1, 0.15) is 0 Å². The van der Waals surface area contributed by atoms with Crippen molar-refractivity contribution in [2.45, 2.75) is 64.5 Å². The van der Waals surface area contributed by atoms with Crippen LogP contribution in [0.2, 0.25) is 0 Å². The number of aromatic nitrogens is 2. The summed E-state index contributed by atoms with van der Waals surface area (Å²) in [6.45, 7) is 3.97. The topological polar surface area (TPSA) is 42.2 Å². The summed E-state index contributed by atoms with van der Waals surface area (Å²) in [4.78, 5) is 6.95. The van der Waals surface area contributed by atoms with Crippen LogP contribution in [-0.2, 0) is 6.54 Å². The maximum atomic E-state index is 5.28. The summed E-state index contributed by atoms with van der Waals surface area (Å²) in [6.07, 6.45) is 9.69. The van der Waals surface area contributed by atoms with E-state index in [1.807, 2.05) is 6.92 Å². The molecule has 2 fully saturated rings. The fourth-order valence-electron chi connectivity index (χ4n) is 3.00. The first kappa shape index (κ1) is 12.2. The Labute approximate surface area is 109 Å². The third kappa shape index (κ3) is 3.10. The van der Waals surface area contributed by atoms with Crippen molar-refractivity contribution in [1.29, 1.82) is 0 Å². The second kappa shape index (κ2) is 5.39. The molecule has 3 rings (SSSR count). The van der Waals surface area contributed by atoms with Crippen molar-refractivity contribution in [3.05, 3.63) is 11.7 Å². The van der Waals surface area contributed by atoms with Crippen molar-refractivity contribution in [3.8, 4) is 0 Å². The van der Waals surface area contributed by atoms with Crippen molar-refractivity contribution < 1.29 is 4.52 Å². The van der Waals surface area contributed by atoms with E-state index in [9.17, 15) is 0 Å². The molecular formula is C14H23N3O. The van der Waals surface area contributed by atoms with Gasteiger partial charge < -0.3 is 4.52 Å². The van der Waals surface area contributed by atoms with E-state index in [-0.39, 0.29) is 0 Å². The van der Waals surface area contributed by atoms with Crippen LogP contribution in [0, 0.1) is 12.8 Å². The van der Waals surface area contributed by atoms with E-state index in [1.54, 1.807) is 0 Å². The summed E-state index contributed by atoms with van der Waals surface area (Å²) in [6, 6.07) is 0.742. The first-order chi connectivity index (χ1) is 8.81. The van der Waals surface area contributed by atoms with Crippen LogP contribution in [-0.4, -0.2) is 27.6 Å². The summed E-state index contributed by atoms with van der Waals surface area (Å²) >= 11 is 0. The molecule has 0 spiro atoms. The van der Waals surface area contributed by atoms with Crippen LogP contribution in [0.5, 0.6) is 0 Å². The highest BCUT2D eigenvalue weighted by molar-refractivity contribution is 4.88. The molecule has 4 heteroatoms.